The van der Waals surface area contributed by atoms with Crippen LogP contribution < -0.4 is 0 Å². The second-order valence-corrected chi connectivity index (χ2v) is 5.86. The van der Waals surface area contributed by atoms with Crippen molar-refractivity contribution in [2.75, 3.05) is 13.6 Å². The lowest BCUT2D eigenvalue weighted by atomic mass is 10.3. The first-order valence-corrected chi connectivity index (χ1v) is 7.51. The second kappa shape index (κ2) is 5.31. The van der Waals surface area contributed by atoms with Crippen molar-refractivity contribution in [1.82, 2.24) is 14.5 Å². The van der Waals surface area contributed by atoms with Gasteiger partial charge in [0, 0.05) is 24.2 Å². The van der Waals surface area contributed by atoms with Crippen LogP contribution in [0.3, 0.4) is 0 Å². The van der Waals surface area contributed by atoms with Gasteiger partial charge >= 0.3 is 0 Å². The quantitative estimate of drug-likeness (QED) is 0.787. The van der Waals surface area contributed by atoms with E-state index in [1.54, 1.807) is 0 Å². The van der Waals surface area contributed by atoms with Crippen molar-refractivity contribution in [2.45, 2.75) is 31.3 Å². The molecule has 0 radical (unpaired) electrons. The zero-order valence-electron chi connectivity index (χ0n) is 10.9. The molecule has 102 valence electrons. The fraction of sp³-hybridized carbons (Fsp3) is 0.500. The van der Waals surface area contributed by atoms with Gasteiger partial charge in [0.1, 0.15) is 5.82 Å². The van der Waals surface area contributed by atoms with E-state index in [0.29, 0.717) is 5.88 Å². The molecule has 3 rings (SSSR count). The van der Waals surface area contributed by atoms with Gasteiger partial charge in [0.15, 0.2) is 0 Å². The van der Waals surface area contributed by atoms with E-state index in [9.17, 15) is 0 Å². The number of aromatic nitrogens is 2. The summed E-state index contributed by atoms with van der Waals surface area (Å²) in [7, 11) is 2.18. The largest absolute Gasteiger partial charge is 0.326 e. The summed E-state index contributed by atoms with van der Waals surface area (Å²) in [5.74, 6) is 1.35. The number of imidazole rings is 1. The van der Waals surface area contributed by atoms with E-state index < -0.39 is 0 Å². The summed E-state index contributed by atoms with van der Waals surface area (Å²) >= 11 is 12.1. The SMILES string of the molecule is CN(CCn1c(CCl)nc2ccc(Cl)cc21)C1CC1. The Balaban J connectivity index is 1.88. The zero-order valence-corrected chi connectivity index (χ0v) is 12.5. The molecule has 5 heteroatoms. The van der Waals surface area contributed by atoms with E-state index in [0.717, 1.165) is 41.0 Å². The Bertz CT molecular complexity index is 590. The molecule has 0 bridgehead atoms. The number of alkyl halides is 1. The van der Waals surface area contributed by atoms with Gasteiger partial charge in [0.05, 0.1) is 16.9 Å². The maximum atomic E-state index is 6.08. The fourth-order valence-corrected chi connectivity index (χ4v) is 2.82. The highest BCUT2D eigenvalue weighted by atomic mass is 35.5. The predicted molar refractivity (Wildman–Crippen MR) is 80.0 cm³/mol. The second-order valence-electron chi connectivity index (χ2n) is 5.16. The molecule has 3 nitrogen and oxygen atoms in total. The van der Waals surface area contributed by atoms with E-state index in [1.807, 2.05) is 18.2 Å². The van der Waals surface area contributed by atoms with Crippen LogP contribution in [-0.4, -0.2) is 34.1 Å². The first kappa shape index (κ1) is 13.2. The van der Waals surface area contributed by atoms with Gasteiger partial charge in [-0.2, -0.15) is 0 Å². The molecule has 0 amide bonds. The average molecular weight is 298 g/mol. The molecule has 0 spiro atoms. The van der Waals surface area contributed by atoms with Crippen molar-refractivity contribution in [2.24, 2.45) is 0 Å². The van der Waals surface area contributed by atoms with Crippen molar-refractivity contribution in [1.29, 1.82) is 0 Å². The van der Waals surface area contributed by atoms with Gasteiger partial charge in [-0.15, -0.1) is 11.6 Å². The lowest BCUT2D eigenvalue weighted by Crippen LogP contribution is -2.25. The van der Waals surface area contributed by atoms with Gasteiger partial charge in [-0.25, -0.2) is 4.98 Å². The first-order chi connectivity index (χ1) is 9.19. The zero-order chi connectivity index (χ0) is 13.4. The molecule has 1 fully saturated rings. The Hall–Kier alpha value is -0.770. The molecule has 0 aliphatic heterocycles. The number of halogens is 2. The normalized spacial score (nSPS) is 15.6. The summed E-state index contributed by atoms with van der Waals surface area (Å²) in [6.07, 6.45) is 2.66. The molecule has 1 aliphatic rings. The molecule has 0 unspecified atom stereocenters. The summed E-state index contributed by atoms with van der Waals surface area (Å²) < 4.78 is 2.19. The van der Waals surface area contributed by atoms with Crippen LogP contribution in [0, 0.1) is 0 Å². The van der Waals surface area contributed by atoms with Crippen LogP contribution in [0.1, 0.15) is 18.7 Å². The van der Waals surface area contributed by atoms with Gasteiger partial charge in [-0.1, -0.05) is 11.6 Å². The van der Waals surface area contributed by atoms with Gasteiger partial charge < -0.3 is 9.47 Å². The van der Waals surface area contributed by atoms with Crippen LogP contribution in [0.15, 0.2) is 18.2 Å². The minimum Gasteiger partial charge on any atom is -0.326 e. The lowest BCUT2D eigenvalue weighted by molar-refractivity contribution is 0.309. The van der Waals surface area contributed by atoms with Crippen molar-refractivity contribution in [3.8, 4) is 0 Å². The molecule has 0 atom stereocenters. The highest BCUT2D eigenvalue weighted by molar-refractivity contribution is 6.31. The number of rotatable bonds is 5. The standard InChI is InChI=1S/C14H17Cl2N3/c1-18(11-3-4-11)6-7-19-13-8-10(16)2-5-12(13)17-14(19)9-15/h2,5,8,11H,3-4,6-7,9H2,1H3. The topological polar surface area (TPSA) is 21.1 Å². The van der Waals surface area contributed by atoms with Crippen molar-refractivity contribution < 1.29 is 0 Å². The number of nitrogens with zero attached hydrogens (tertiary/aromatic N) is 3. The number of hydrogen-bond donors (Lipinski definition) is 0. The molecule has 1 aromatic heterocycles. The van der Waals surface area contributed by atoms with E-state index in [1.165, 1.54) is 12.8 Å². The highest BCUT2D eigenvalue weighted by Crippen LogP contribution is 2.26. The van der Waals surface area contributed by atoms with Crippen molar-refractivity contribution >= 4 is 34.2 Å². The van der Waals surface area contributed by atoms with Gasteiger partial charge in [-0.05, 0) is 38.1 Å². The van der Waals surface area contributed by atoms with E-state index in [2.05, 4.69) is 21.5 Å². The summed E-state index contributed by atoms with van der Waals surface area (Å²) in [6.45, 7) is 1.93. The molecule has 1 aromatic carbocycles. The Kier molecular flexibility index (Phi) is 3.70. The first-order valence-electron chi connectivity index (χ1n) is 6.60. The van der Waals surface area contributed by atoms with Crippen LogP contribution in [0.5, 0.6) is 0 Å². The predicted octanol–water partition coefficient (Wildman–Crippen LogP) is 3.52. The lowest BCUT2D eigenvalue weighted by Gasteiger charge is -2.17. The summed E-state index contributed by atoms with van der Waals surface area (Å²) in [5, 5.41) is 0.741. The molecule has 1 aliphatic carbocycles. The highest BCUT2D eigenvalue weighted by Gasteiger charge is 2.25. The van der Waals surface area contributed by atoms with Gasteiger partial charge in [-0.3, -0.25) is 0 Å². The number of benzene rings is 1. The summed E-state index contributed by atoms with van der Waals surface area (Å²) in [6, 6.07) is 6.57. The molecule has 1 saturated carbocycles. The monoisotopic (exact) mass is 297 g/mol. The fourth-order valence-electron chi connectivity index (χ4n) is 2.45. The molecule has 1 heterocycles. The molecular formula is C14H17Cl2N3. The number of fused-ring (bicyclic) bond motifs is 1. The summed E-state index contributed by atoms with van der Waals surface area (Å²) in [4.78, 5) is 6.98. The third kappa shape index (κ3) is 2.73. The minimum atomic E-state index is 0.430. The van der Waals surface area contributed by atoms with E-state index >= 15 is 0 Å². The van der Waals surface area contributed by atoms with Gasteiger partial charge in [0.2, 0.25) is 0 Å². The van der Waals surface area contributed by atoms with Crippen LogP contribution >= 0.6 is 23.2 Å². The third-order valence-electron chi connectivity index (χ3n) is 3.76. The van der Waals surface area contributed by atoms with Crippen molar-refractivity contribution in [3.63, 3.8) is 0 Å². The third-order valence-corrected chi connectivity index (χ3v) is 4.23. The Morgan fingerprint density at radius 3 is 2.89 bits per heavy atom. The molecule has 0 saturated heterocycles. The van der Waals surface area contributed by atoms with Gasteiger partial charge in [0.25, 0.3) is 0 Å². The van der Waals surface area contributed by atoms with Crippen LogP contribution in [0.2, 0.25) is 5.02 Å². The van der Waals surface area contributed by atoms with Crippen LogP contribution in [0.4, 0.5) is 0 Å². The van der Waals surface area contributed by atoms with Crippen LogP contribution in [-0.2, 0) is 12.4 Å². The molecule has 2 aromatic rings. The van der Waals surface area contributed by atoms with Crippen molar-refractivity contribution in [3.05, 3.63) is 29.0 Å². The summed E-state index contributed by atoms with van der Waals surface area (Å²) in [5.41, 5.74) is 2.04. The minimum absolute atomic E-state index is 0.430. The number of hydrogen-bond acceptors (Lipinski definition) is 2. The molecule has 0 N–H and O–H groups in total. The Morgan fingerprint density at radius 2 is 2.21 bits per heavy atom. The maximum Gasteiger partial charge on any atom is 0.124 e. The Morgan fingerprint density at radius 1 is 1.42 bits per heavy atom. The smallest absolute Gasteiger partial charge is 0.124 e. The maximum absolute atomic E-state index is 6.08. The van der Waals surface area contributed by atoms with E-state index in [-0.39, 0.29) is 0 Å². The number of likely N-dealkylation sites (N-methyl/N-ethyl adjacent to an activating group) is 1. The Labute approximate surface area is 123 Å². The average Bonchev–Trinajstić information content (AvgIpc) is 3.19. The molecular weight excluding hydrogens is 281 g/mol. The van der Waals surface area contributed by atoms with E-state index in [4.69, 9.17) is 23.2 Å². The van der Waals surface area contributed by atoms with Crippen LogP contribution in [0.25, 0.3) is 11.0 Å². The molecule has 19 heavy (non-hydrogen) atoms.